The van der Waals surface area contributed by atoms with Crippen molar-refractivity contribution in [2.24, 2.45) is 0 Å². The number of fused-ring (bicyclic) bond motifs is 1. The first kappa shape index (κ1) is 21.5. The van der Waals surface area contributed by atoms with E-state index in [1.807, 2.05) is 31.2 Å². The normalized spacial score (nSPS) is 18.4. The predicted molar refractivity (Wildman–Crippen MR) is 119 cm³/mol. The molecule has 2 amide bonds. The van der Waals surface area contributed by atoms with Crippen LogP contribution in [0.1, 0.15) is 30.6 Å². The zero-order chi connectivity index (χ0) is 21.6. The van der Waals surface area contributed by atoms with E-state index in [2.05, 4.69) is 20.9 Å². The van der Waals surface area contributed by atoms with Crippen LogP contribution >= 0.6 is 0 Å². The van der Waals surface area contributed by atoms with E-state index < -0.39 is 0 Å². The Morgan fingerprint density at radius 3 is 2.74 bits per heavy atom. The third-order valence-electron chi connectivity index (χ3n) is 5.58. The van der Waals surface area contributed by atoms with E-state index in [-0.39, 0.29) is 18.7 Å². The molecule has 0 saturated carbocycles. The van der Waals surface area contributed by atoms with Crippen molar-refractivity contribution in [3.8, 4) is 11.4 Å². The largest absolute Gasteiger partial charge is 0.396 e. The monoisotopic (exact) mass is 426 g/mol. The predicted octanol–water partition coefficient (Wildman–Crippen LogP) is 1.69. The molecule has 0 bridgehead atoms. The number of anilines is 2. The molecule has 2 aliphatic heterocycles. The first-order valence-electron chi connectivity index (χ1n) is 10.9. The number of amides is 2. The number of nitrogens with zero attached hydrogens (tertiary/aromatic N) is 3. The molecule has 1 atom stereocenters. The van der Waals surface area contributed by atoms with Crippen LogP contribution in [0, 0.1) is 0 Å². The molecule has 9 nitrogen and oxygen atoms in total. The first-order valence-corrected chi connectivity index (χ1v) is 10.9. The Morgan fingerprint density at radius 1 is 1.26 bits per heavy atom. The summed E-state index contributed by atoms with van der Waals surface area (Å²) in [5.41, 5.74) is 3.72. The van der Waals surface area contributed by atoms with Gasteiger partial charge in [0.1, 0.15) is 5.82 Å². The summed E-state index contributed by atoms with van der Waals surface area (Å²) in [6.45, 7) is 6.37. The van der Waals surface area contributed by atoms with E-state index in [1.165, 1.54) is 0 Å². The highest BCUT2D eigenvalue weighted by Crippen LogP contribution is 2.33. The lowest BCUT2D eigenvalue weighted by Gasteiger charge is -2.33. The van der Waals surface area contributed by atoms with Gasteiger partial charge in [-0.2, -0.15) is 0 Å². The highest BCUT2D eigenvalue weighted by atomic mass is 16.5. The van der Waals surface area contributed by atoms with Crippen molar-refractivity contribution in [2.45, 2.75) is 25.8 Å². The number of aromatic nitrogens is 2. The Morgan fingerprint density at radius 2 is 2.03 bits per heavy atom. The Hall–Kier alpha value is -2.75. The third kappa shape index (κ3) is 4.95. The maximum atomic E-state index is 11.8. The van der Waals surface area contributed by atoms with E-state index in [9.17, 15) is 9.90 Å². The Balaban J connectivity index is 1.68. The minimum absolute atomic E-state index is 0.00831. The second kappa shape index (κ2) is 10.0. The maximum absolute atomic E-state index is 11.8. The number of ether oxygens (including phenoxy) is 1. The van der Waals surface area contributed by atoms with E-state index >= 15 is 0 Å². The van der Waals surface area contributed by atoms with Gasteiger partial charge in [-0.3, -0.25) is 0 Å². The molecule has 1 fully saturated rings. The number of morpholine rings is 1. The van der Waals surface area contributed by atoms with Crippen LogP contribution in [0.3, 0.4) is 0 Å². The van der Waals surface area contributed by atoms with Gasteiger partial charge in [-0.05, 0) is 44.0 Å². The summed E-state index contributed by atoms with van der Waals surface area (Å²) in [4.78, 5) is 23.9. The van der Waals surface area contributed by atoms with E-state index in [0.29, 0.717) is 37.7 Å². The van der Waals surface area contributed by atoms with Gasteiger partial charge in [0.15, 0.2) is 5.82 Å². The number of rotatable bonds is 6. The number of urea groups is 1. The summed E-state index contributed by atoms with van der Waals surface area (Å²) in [5, 5.41) is 18.5. The molecule has 2 aromatic rings. The zero-order valence-electron chi connectivity index (χ0n) is 17.9. The van der Waals surface area contributed by atoms with Crippen LogP contribution in [-0.2, 0) is 11.2 Å². The highest BCUT2D eigenvalue weighted by molar-refractivity contribution is 5.89. The smallest absolute Gasteiger partial charge is 0.319 e. The average molecular weight is 427 g/mol. The molecule has 2 aliphatic rings. The van der Waals surface area contributed by atoms with Gasteiger partial charge in [-0.15, -0.1) is 0 Å². The summed E-state index contributed by atoms with van der Waals surface area (Å²) in [6.07, 6.45) is 1.47. The second-order valence-electron chi connectivity index (χ2n) is 7.66. The SMILES string of the molecule is CCNC(=O)Nc1ccc(-c2nc3c(c(N4CCOCC4)n2)CCN[C@@H]3CCO)cc1. The van der Waals surface area contributed by atoms with Crippen LogP contribution < -0.4 is 20.9 Å². The van der Waals surface area contributed by atoms with Gasteiger partial charge >= 0.3 is 6.03 Å². The molecule has 0 aliphatic carbocycles. The van der Waals surface area contributed by atoms with E-state index in [1.54, 1.807) is 0 Å². The standard InChI is InChI=1S/C22H30N6O3/c1-2-23-22(30)25-16-5-3-15(4-6-16)20-26-19-17(7-9-24-18(19)8-12-29)21(27-20)28-10-13-31-14-11-28/h3-6,18,24,29H,2,7-14H2,1H3,(H2,23,25,30)/t18-/m1/s1. The third-order valence-corrected chi connectivity index (χ3v) is 5.58. The molecular weight excluding hydrogens is 396 g/mol. The van der Waals surface area contributed by atoms with Crippen molar-refractivity contribution in [3.05, 3.63) is 35.5 Å². The van der Waals surface area contributed by atoms with Gasteiger partial charge in [0, 0.05) is 49.6 Å². The van der Waals surface area contributed by atoms with E-state index in [0.717, 1.165) is 48.7 Å². The molecule has 166 valence electrons. The molecule has 9 heteroatoms. The molecule has 4 rings (SSSR count). The molecule has 4 N–H and O–H groups in total. The van der Waals surface area contributed by atoms with Gasteiger partial charge < -0.3 is 30.7 Å². The van der Waals surface area contributed by atoms with Gasteiger partial charge in [0.25, 0.3) is 0 Å². The van der Waals surface area contributed by atoms with Crippen molar-refractivity contribution in [1.82, 2.24) is 20.6 Å². The summed E-state index contributed by atoms with van der Waals surface area (Å²) in [7, 11) is 0. The van der Waals surface area contributed by atoms with Gasteiger partial charge in [-0.25, -0.2) is 14.8 Å². The number of aliphatic hydroxyl groups is 1. The molecule has 0 unspecified atom stereocenters. The van der Waals surface area contributed by atoms with Crippen molar-refractivity contribution < 1.29 is 14.6 Å². The molecular formula is C22H30N6O3. The van der Waals surface area contributed by atoms with Crippen LogP contribution in [-0.4, -0.2) is 67.1 Å². The summed E-state index contributed by atoms with van der Waals surface area (Å²) in [6, 6.07) is 7.32. The Kier molecular flexibility index (Phi) is 6.96. The Bertz CT molecular complexity index is 899. The highest BCUT2D eigenvalue weighted by Gasteiger charge is 2.28. The van der Waals surface area contributed by atoms with Crippen LogP contribution in [0.5, 0.6) is 0 Å². The minimum atomic E-state index is -0.229. The maximum Gasteiger partial charge on any atom is 0.319 e. The fraction of sp³-hybridized carbons (Fsp3) is 0.500. The second-order valence-corrected chi connectivity index (χ2v) is 7.66. The molecule has 31 heavy (non-hydrogen) atoms. The van der Waals surface area contributed by atoms with Crippen molar-refractivity contribution in [1.29, 1.82) is 0 Å². The first-order chi connectivity index (χ1) is 15.2. The van der Waals surface area contributed by atoms with Crippen molar-refractivity contribution in [2.75, 3.05) is 56.2 Å². The minimum Gasteiger partial charge on any atom is -0.396 e. The fourth-order valence-corrected chi connectivity index (χ4v) is 4.06. The number of carbonyl (C=O) groups excluding carboxylic acids is 1. The van der Waals surface area contributed by atoms with Crippen molar-refractivity contribution >= 4 is 17.5 Å². The fourth-order valence-electron chi connectivity index (χ4n) is 4.06. The topological polar surface area (TPSA) is 112 Å². The molecule has 1 aromatic heterocycles. The van der Waals surface area contributed by atoms with E-state index in [4.69, 9.17) is 14.7 Å². The average Bonchev–Trinajstić information content (AvgIpc) is 2.80. The molecule has 0 spiro atoms. The van der Waals surface area contributed by atoms with Crippen LogP contribution in [0.15, 0.2) is 24.3 Å². The van der Waals surface area contributed by atoms with Crippen LogP contribution in [0.4, 0.5) is 16.3 Å². The number of nitrogens with one attached hydrogen (secondary N) is 3. The lowest BCUT2D eigenvalue weighted by atomic mass is 9.97. The lowest BCUT2D eigenvalue weighted by Crippen LogP contribution is -2.40. The van der Waals surface area contributed by atoms with Gasteiger partial charge in [0.2, 0.25) is 0 Å². The number of benzene rings is 1. The molecule has 1 saturated heterocycles. The lowest BCUT2D eigenvalue weighted by molar-refractivity contribution is 0.122. The van der Waals surface area contributed by atoms with Gasteiger partial charge in [0.05, 0.1) is 24.9 Å². The van der Waals surface area contributed by atoms with Crippen molar-refractivity contribution in [3.63, 3.8) is 0 Å². The summed E-state index contributed by atoms with van der Waals surface area (Å²) >= 11 is 0. The number of aliphatic hydroxyl groups excluding tert-OH is 1. The summed E-state index contributed by atoms with van der Waals surface area (Å²) < 4.78 is 5.53. The van der Waals surface area contributed by atoms with Crippen LogP contribution in [0.2, 0.25) is 0 Å². The number of carbonyl (C=O) groups is 1. The quantitative estimate of drug-likeness (QED) is 0.556. The Labute approximate surface area is 182 Å². The number of hydrogen-bond donors (Lipinski definition) is 4. The molecule has 3 heterocycles. The summed E-state index contributed by atoms with van der Waals surface area (Å²) in [5.74, 6) is 1.62. The molecule has 0 radical (unpaired) electrons. The number of hydrogen-bond acceptors (Lipinski definition) is 7. The zero-order valence-corrected chi connectivity index (χ0v) is 17.9. The molecule has 1 aromatic carbocycles. The van der Waals surface area contributed by atoms with Gasteiger partial charge in [-0.1, -0.05) is 0 Å². The van der Waals surface area contributed by atoms with Crippen LogP contribution in [0.25, 0.3) is 11.4 Å².